The number of ketones is 1. The average Bonchev–Trinajstić information content (AvgIpc) is 2.71. The van der Waals surface area contributed by atoms with Crippen LogP contribution in [0.2, 0.25) is 0 Å². The van der Waals surface area contributed by atoms with Gasteiger partial charge in [-0.2, -0.15) is 18.4 Å². The molecule has 1 unspecified atom stereocenters. The summed E-state index contributed by atoms with van der Waals surface area (Å²) in [6.07, 6.45) is -3.71. The molecule has 2 rings (SSSR count). The Balaban J connectivity index is 2.04. The molecule has 0 heterocycles. The quantitative estimate of drug-likeness (QED) is 0.541. The summed E-state index contributed by atoms with van der Waals surface area (Å²) in [5, 5.41) is 11.3. The SMILES string of the molecule is N#Cc1ccc(COC(=O)C(Cc2ccccc2)NC=CC(=O)C(F)(F)F)cc1. The molecule has 0 aromatic heterocycles. The number of nitrogens with one attached hydrogen (secondary N) is 1. The van der Waals surface area contributed by atoms with Gasteiger partial charge in [0, 0.05) is 18.7 Å². The number of hydrogen-bond acceptors (Lipinski definition) is 5. The van der Waals surface area contributed by atoms with Gasteiger partial charge in [-0.3, -0.25) is 4.79 Å². The fraction of sp³-hybridized carbons (Fsp3) is 0.190. The summed E-state index contributed by atoms with van der Waals surface area (Å²) in [5.74, 6) is -2.73. The Labute approximate surface area is 165 Å². The summed E-state index contributed by atoms with van der Waals surface area (Å²) in [4.78, 5) is 23.4. The van der Waals surface area contributed by atoms with Crippen LogP contribution in [0.1, 0.15) is 16.7 Å². The van der Waals surface area contributed by atoms with E-state index >= 15 is 0 Å². The Morgan fingerprint density at radius 2 is 1.72 bits per heavy atom. The lowest BCUT2D eigenvalue weighted by Crippen LogP contribution is -2.37. The maximum atomic E-state index is 12.4. The topological polar surface area (TPSA) is 79.2 Å². The second-order valence-corrected chi connectivity index (χ2v) is 6.02. The maximum Gasteiger partial charge on any atom is 0.454 e. The van der Waals surface area contributed by atoms with Gasteiger partial charge in [-0.1, -0.05) is 42.5 Å². The second kappa shape index (κ2) is 10.1. The van der Waals surface area contributed by atoms with Crippen molar-refractivity contribution in [3.63, 3.8) is 0 Å². The van der Waals surface area contributed by atoms with Gasteiger partial charge < -0.3 is 10.1 Å². The number of halogens is 3. The van der Waals surface area contributed by atoms with Crippen molar-refractivity contribution in [2.75, 3.05) is 0 Å². The normalized spacial score (nSPS) is 12.2. The van der Waals surface area contributed by atoms with Gasteiger partial charge in [-0.05, 0) is 23.3 Å². The molecule has 1 atom stereocenters. The number of benzene rings is 2. The van der Waals surface area contributed by atoms with Crippen molar-refractivity contribution in [2.45, 2.75) is 25.2 Å². The third kappa shape index (κ3) is 7.14. The van der Waals surface area contributed by atoms with Crippen LogP contribution >= 0.6 is 0 Å². The van der Waals surface area contributed by atoms with Gasteiger partial charge in [0.05, 0.1) is 11.6 Å². The Morgan fingerprint density at radius 1 is 1.07 bits per heavy atom. The number of nitrogens with zero attached hydrogens (tertiary/aromatic N) is 1. The van der Waals surface area contributed by atoms with E-state index in [0.717, 1.165) is 11.8 Å². The van der Waals surface area contributed by atoms with E-state index in [9.17, 15) is 22.8 Å². The predicted molar refractivity (Wildman–Crippen MR) is 98.2 cm³/mol. The highest BCUT2D eigenvalue weighted by atomic mass is 19.4. The van der Waals surface area contributed by atoms with Crippen molar-refractivity contribution in [3.05, 3.63) is 83.6 Å². The van der Waals surface area contributed by atoms with Gasteiger partial charge in [0.25, 0.3) is 5.78 Å². The molecule has 0 saturated heterocycles. The van der Waals surface area contributed by atoms with Gasteiger partial charge in [-0.15, -0.1) is 0 Å². The lowest BCUT2D eigenvalue weighted by molar-refractivity contribution is -0.165. The molecule has 29 heavy (non-hydrogen) atoms. The van der Waals surface area contributed by atoms with Crippen LogP contribution in [0.4, 0.5) is 13.2 Å². The lowest BCUT2D eigenvalue weighted by atomic mass is 10.1. The smallest absolute Gasteiger partial charge is 0.454 e. The Bertz CT molecular complexity index is 902. The first-order chi connectivity index (χ1) is 13.8. The van der Waals surface area contributed by atoms with Crippen molar-refractivity contribution in [2.24, 2.45) is 0 Å². The molecule has 0 amide bonds. The molecule has 0 radical (unpaired) electrons. The number of nitriles is 1. The van der Waals surface area contributed by atoms with Crippen LogP contribution in [-0.2, 0) is 27.4 Å². The Hall–Kier alpha value is -3.60. The first-order valence-corrected chi connectivity index (χ1v) is 8.53. The van der Waals surface area contributed by atoms with E-state index in [4.69, 9.17) is 10.00 Å². The van der Waals surface area contributed by atoms with Crippen LogP contribution < -0.4 is 5.32 Å². The highest BCUT2D eigenvalue weighted by Crippen LogP contribution is 2.16. The fourth-order valence-electron chi connectivity index (χ4n) is 2.33. The van der Waals surface area contributed by atoms with Crippen molar-refractivity contribution < 1.29 is 27.5 Å². The van der Waals surface area contributed by atoms with Crippen LogP contribution in [0.15, 0.2) is 66.9 Å². The Morgan fingerprint density at radius 3 is 2.31 bits per heavy atom. The minimum atomic E-state index is -4.98. The number of allylic oxidation sites excluding steroid dienone is 1. The molecule has 0 saturated carbocycles. The number of alkyl halides is 3. The van der Waals surface area contributed by atoms with Crippen LogP contribution in [0, 0.1) is 11.3 Å². The third-order valence-electron chi connectivity index (χ3n) is 3.84. The number of hydrogen-bond donors (Lipinski definition) is 1. The number of rotatable bonds is 8. The van der Waals surface area contributed by atoms with Gasteiger partial charge in [0.15, 0.2) is 0 Å². The molecular weight excluding hydrogens is 385 g/mol. The predicted octanol–water partition coefficient (Wildman–Crippen LogP) is 3.45. The summed E-state index contributed by atoms with van der Waals surface area (Å²) < 4.78 is 42.1. The van der Waals surface area contributed by atoms with Crippen LogP contribution in [0.3, 0.4) is 0 Å². The van der Waals surface area contributed by atoms with E-state index in [-0.39, 0.29) is 13.0 Å². The molecule has 0 aliphatic carbocycles. The zero-order chi connectivity index (χ0) is 21.3. The van der Waals surface area contributed by atoms with Gasteiger partial charge in [0.2, 0.25) is 0 Å². The molecule has 8 heteroatoms. The summed E-state index contributed by atoms with van der Waals surface area (Å²) in [6.45, 7) is -0.0668. The van der Waals surface area contributed by atoms with E-state index in [1.807, 2.05) is 6.07 Å². The summed E-state index contributed by atoms with van der Waals surface area (Å²) in [7, 11) is 0. The zero-order valence-electron chi connectivity index (χ0n) is 15.1. The van der Waals surface area contributed by atoms with Gasteiger partial charge in [0.1, 0.15) is 12.6 Å². The van der Waals surface area contributed by atoms with Crippen LogP contribution in [-0.4, -0.2) is 24.0 Å². The van der Waals surface area contributed by atoms with Crippen LogP contribution in [0.25, 0.3) is 0 Å². The molecule has 0 fully saturated rings. The second-order valence-electron chi connectivity index (χ2n) is 6.02. The lowest BCUT2D eigenvalue weighted by Gasteiger charge is -2.17. The monoisotopic (exact) mass is 402 g/mol. The molecule has 0 spiro atoms. The molecule has 2 aromatic carbocycles. The van der Waals surface area contributed by atoms with Gasteiger partial charge >= 0.3 is 12.1 Å². The number of carbonyl (C=O) groups excluding carboxylic acids is 2. The van der Waals surface area contributed by atoms with E-state index in [0.29, 0.717) is 17.2 Å². The van der Waals surface area contributed by atoms with Crippen molar-refractivity contribution in [3.8, 4) is 6.07 Å². The molecular formula is C21H17F3N2O3. The zero-order valence-corrected chi connectivity index (χ0v) is 15.1. The molecule has 1 N–H and O–H groups in total. The minimum absolute atomic E-state index is 0.0668. The first-order valence-electron chi connectivity index (χ1n) is 8.53. The van der Waals surface area contributed by atoms with E-state index in [1.165, 1.54) is 0 Å². The molecule has 2 aromatic rings. The highest BCUT2D eigenvalue weighted by Gasteiger charge is 2.36. The standard InChI is InChI=1S/C21H17F3N2O3/c22-21(23,24)19(27)10-11-26-18(12-15-4-2-1-3-5-15)20(28)29-14-17-8-6-16(13-25)7-9-17/h1-11,18,26H,12,14H2. The first kappa shape index (κ1) is 21.7. The summed E-state index contributed by atoms with van der Waals surface area (Å²) >= 11 is 0. The summed E-state index contributed by atoms with van der Waals surface area (Å²) in [5.41, 5.74) is 1.87. The van der Waals surface area contributed by atoms with Crippen molar-refractivity contribution >= 4 is 11.8 Å². The maximum absolute atomic E-state index is 12.4. The van der Waals surface area contributed by atoms with E-state index in [1.54, 1.807) is 54.6 Å². The largest absolute Gasteiger partial charge is 0.459 e. The fourth-order valence-corrected chi connectivity index (χ4v) is 2.33. The number of ether oxygens (including phenoxy) is 1. The molecule has 150 valence electrons. The third-order valence-corrected chi connectivity index (χ3v) is 3.84. The number of carbonyl (C=O) groups is 2. The number of esters is 1. The van der Waals surface area contributed by atoms with E-state index in [2.05, 4.69) is 5.32 Å². The highest BCUT2D eigenvalue weighted by molar-refractivity contribution is 5.94. The van der Waals surface area contributed by atoms with Gasteiger partial charge in [-0.25, -0.2) is 4.79 Å². The van der Waals surface area contributed by atoms with E-state index < -0.39 is 24.0 Å². The van der Waals surface area contributed by atoms with Crippen LogP contribution in [0.5, 0.6) is 0 Å². The molecule has 0 bridgehead atoms. The van der Waals surface area contributed by atoms with Crippen molar-refractivity contribution in [1.29, 1.82) is 5.26 Å². The molecule has 0 aliphatic heterocycles. The average molecular weight is 402 g/mol. The minimum Gasteiger partial charge on any atom is -0.459 e. The van der Waals surface area contributed by atoms with Crippen molar-refractivity contribution in [1.82, 2.24) is 5.32 Å². The molecule has 0 aliphatic rings. The Kier molecular flexibility index (Phi) is 7.54. The summed E-state index contributed by atoms with van der Waals surface area (Å²) in [6, 6.07) is 16.2. The molecule has 5 nitrogen and oxygen atoms in total.